The van der Waals surface area contributed by atoms with Crippen molar-refractivity contribution < 1.29 is 23.9 Å². The summed E-state index contributed by atoms with van der Waals surface area (Å²) in [6, 6.07) is 13.6. The molecule has 1 fully saturated rings. The number of carbonyl (C=O) groups is 3. The van der Waals surface area contributed by atoms with Crippen molar-refractivity contribution in [2.24, 2.45) is 0 Å². The van der Waals surface area contributed by atoms with E-state index < -0.39 is 6.23 Å². The average molecular weight is 447 g/mol. The fourth-order valence-corrected chi connectivity index (χ4v) is 4.22. The molecule has 2 atom stereocenters. The van der Waals surface area contributed by atoms with E-state index in [1.807, 2.05) is 25.1 Å². The van der Waals surface area contributed by atoms with Crippen LogP contribution in [0.15, 0.2) is 48.5 Å². The molecule has 2 unspecified atom stereocenters. The van der Waals surface area contributed by atoms with Gasteiger partial charge in [-0.2, -0.15) is 0 Å². The SMILES string of the molecule is CC(COC(c1ccccc1)N1C(=O)CSC1=O)N1COc2ccc(Cl)cc2C1=O. The Balaban J connectivity index is 1.50. The Hall–Kier alpha value is -2.55. The van der Waals surface area contributed by atoms with E-state index in [9.17, 15) is 14.4 Å². The van der Waals surface area contributed by atoms with Gasteiger partial charge in [0.15, 0.2) is 13.0 Å². The van der Waals surface area contributed by atoms with E-state index in [2.05, 4.69) is 0 Å². The van der Waals surface area contributed by atoms with E-state index in [-0.39, 0.29) is 42.2 Å². The van der Waals surface area contributed by atoms with Gasteiger partial charge in [0, 0.05) is 10.6 Å². The van der Waals surface area contributed by atoms with Gasteiger partial charge in [-0.3, -0.25) is 14.4 Å². The van der Waals surface area contributed by atoms with Crippen LogP contribution in [0.3, 0.4) is 0 Å². The van der Waals surface area contributed by atoms with Crippen molar-refractivity contribution in [3.63, 3.8) is 0 Å². The Morgan fingerprint density at radius 1 is 1.17 bits per heavy atom. The summed E-state index contributed by atoms with van der Waals surface area (Å²) in [6.45, 7) is 2.00. The van der Waals surface area contributed by atoms with Crippen molar-refractivity contribution in [1.82, 2.24) is 9.80 Å². The molecule has 0 N–H and O–H groups in total. The summed E-state index contributed by atoms with van der Waals surface area (Å²) in [5.74, 6) is 0.0699. The first-order valence-electron chi connectivity index (χ1n) is 9.34. The third-order valence-electron chi connectivity index (χ3n) is 4.92. The zero-order valence-electron chi connectivity index (χ0n) is 16.1. The topological polar surface area (TPSA) is 76.2 Å². The summed E-state index contributed by atoms with van der Waals surface area (Å²) in [5.41, 5.74) is 1.08. The Morgan fingerprint density at radius 2 is 1.93 bits per heavy atom. The Morgan fingerprint density at radius 3 is 2.63 bits per heavy atom. The number of ether oxygens (including phenoxy) is 2. The van der Waals surface area contributed by atoms with Crippen molar-refractivity contribution in [3.8, 4) is 5.75 Å². The molecule has 1 saturated heterocycles. The van der Waals surface area contributed by atoms with Crippen LogP contribution in [-0.2, 0) is 9.53 Å². The van der Waals surface area contributed by atoms with Crippen LogP contribution in [0.1, 0.15) is 29.1 Å². The fourth-order valence-electron chi connectivity index (χ4n) is 3.32. The van der Waals surface area contributed by atoms with Crippen LogP contribution < -0.4 is 4.74 Å². The largest absolute Gasteiger partial charge is 0.472 e. The molecule has 0 bridgehead atoms. The summed E-state index contributed by atoms with van der Waals surface area (Å²) in [7, 11) is 0. The lowest BCUT2D eigenvalue weighted by atomic mass is 10.1. The molecule has 0 spiro atoms. The molecule has 0 saturated carbocycles. The van der Waals surface area contributed by atoms with Gasteiger partial charge in [-0.25, -0.2) is 4.90 Å². The lowest BCUT2D eigenvalue weighted by Gasteiger charge is -2.35. The van der Waals surface area contributed by atoms with Crippen LogP contribution in [0.2, 0.25) is 5.02 Å². The van der Waals surface area contributed by atoms with Gasteiger partial charge >= 0.3 is 0 Å². The minimum absolute atomic E-state index is 0.0748. The molecular formula is C21H19ClN2O5S. The molecule has 2 aliphatic rings. The van der Waals surface area contributed by atoms with Gasteiger partial charge in [0.1, 0.15) is 5.75 Å². The fraction of sp³-hybridized carbons (Fsp3) is 0.286. The first-order chi connectivity index (χ1) is 14.5. The van der Waals surface area contributed by atoms with Crippen molar-refractivity contribution in [2.75, 3.05) is 19.1 Å². The van der Waals surface area contributed by atoms with Crippen molar-refractivity contribution in [3.05, 3.63) is 64.7 Å². The number of halogens is 1. The summed E-state index contributed by atoms with van der Waals surface area (Å²) >= 11 is 6.97. The van der Waals surface area contributed by atoms with Gasteiger partial charge in [-0.05, 0) is 25.1 Å². The maximum atomic E-state index is 12.9. The molecule has 2 aromatic rings. The van der Waals surface area contributed by atoms with Crippen molar-refractivity contribution >= 4 is 40.4 Å². The molecule has 7 nitrogen and oxygen atoms in total. The summed E-state index contributed by atoms with van der Waals surface area (Å²) in [4.78, 5) is 40.1. The van der Waals surface area contributed by atoms with Crippen molar-refractivity contribution in [1.29, 1.82) is 0 Å². The number of hydrogen-bond donors (Lipinski definition) is 0. The van der Waals surface area contributed by atoms with E-state index in [0.717, 1.165) is 16.7 Å². The maximum Gasteiger partial charge on any atom is 0.291 e. The molecule has 9 heteroatoms. The van der Waals surface area contributed by atoms with Crippen LogP contribution >= 0.6 is 23.4 Å². The highest BCUT2D eigenvalue weighted by atomic mass is 35.5. The minimum atomic E-state index is -0.855. The number of imide groups is 1. The highest BCUT2D eigenvalue weighted by Crippen LogP contribution is 2.32. The van der Waals surface area contributed by atoms with Gasteiger partial charge in [0.05, 0.1) is 24.0 Å². The molecule has 3 amide bonds. The number of carbonyl (C=O) groups excluding carboxylic acids is 3. The first kappa shape index (κ1) is 20.7. The maximum absolute atomic E-state index is 12.9. The minimum Gasteiger partial charge on any atom is -0.472 e. The molecule has 0 aromatic heterocycles. The lowest BCUT2D eigenvalue weighted by Crippen LogP contribution is -2.47. The number of benzene rings is 2. The summed E-state index contributed by atoms with van der Waals surface area (Å²) < 4.78 is 11.7. The molecule has 4 rings (SSSR count). The molecule has 2 heterocycles. The normalized spacial score (nSPS) is 18.3. The summed E-state index contributed by atoms with van der Waals surface area (Å²) in [6.07, 6.45) is -0.855. The second kappa shape index (κ2) is 8.67. The third kappa shape index (κ3) is 4.03. The molecule has 156 valence electrons. The smallest absolute Gasteiger partial charge is 0.291 e. The molecule has 0 radical (unpaired) electrons. The van der Waals surface area contributed by atoms with E-state index in [4.69, 9.17) is 21.1 Å². The zero-order chi connectivity index (χ0) is 21.3. The molecular weight excluding hydrogens is 428 g/mol. The zero-order valence-corrected chi connectivity index (χ0v) is 17.7. The number of amides is 3. The second-order valence-corrected chi connectivity index (χ2v) is 8.32. The van der Waals surface area contributed by atoms with Crippen LogP contribution in [0.5, 0.6) is 5.75 Å². The predicted octanol–water partition coefficient (Wildman–Crippen LogP) is 3.93. The number of thioether (sulfide) groups is 1. The van der Waals surface area contributed by atoms with Gasteiger partial charge in [0.2, 0.25) is 5.91 Å². The van der Waals surface area contributed by atoms with Crippen LogP contribution in [0.25, 0.3) is 0 Å². The van der Waals surface area contributed by atoms with Crippen LogP contribution in [-0.4, -0.2) is 52.0 Å². The molecule has 2 aliphatic heterocycles. The van der Waals surface area contributed by atoms with E-state index >= 15 is 0 Å². The third-order valence-corrected chi connectivity index (χ3v) is 5.99. The Bertz CT molecular complexity index is 971. The predicted molar refractivity (Wildman–Crippen MR) is 112 cm³/mol. The standard InChI is InChI=1S/C21H19ClN2O5S/c1-13(23-12-29-17-8-7-15(22)9-16(17)19(23)26)10-28-20(14-5-3-2-4-6-14)24-18(25)11-30-21(24)27/h2-9,13,20H,10-12H2,1H3. The number of hydrogen-bond acceptors (Lipinski definition) is 6. The Kier molecular flexibility index (Phi) is 5.99. The monoisotopic (exact) mass is 446 g/mol. The van der Waals surface area contributed by atoms with Crippen molar-refractivity contribution in [2.45, 2.75) is 19.2 Å². The van der Waals surface area contributed by atoms with Gasteiger partial charge in [-0.1, -0.05) is 53.7 Å². The average Bonchev–Trinajstić information content (AvgIpc) is 3.08. The highest BCUT2D eigenvalue weighted by molar-refractivity contribution is 8.14. The molecule has 30 heavy (non-hydrogen) atoms. The van der Waals surface area contributed by atoms with Gasteiger partial charge in [0.25, 0.3) is 11.1 Å². The van der Waals surface area contributed by atoms with E-state index in [1.165, 1.54) is 4.90 Å². The quantitative estimate of drug-likeness (QED) is 0.669. The number of rotatable bonds is 6. The molecule has 2 aromatic carbocycles. The van der Waals surface area contributed by atoms with E-state index in [1.54, 1.807) is 30.3 Å². The summed E-state index contributed by atoms with van der Waals surface area (Å²) in [5, 5.41) is 0.103. The van der Waals surface area contributed by atoms with E-state index in [0.29, 0.717) is 21.9 Å². The number of nitrogens with zero attached hydrogens (tertiary/aromatic N) is 2. The van der Waals surface area contributed by atoms with Crippen LogP contribution in [0, 0.1) is 0 Å². The number of fused-ring (bicyclic) bond motifs is 1. The first-order valence-corrected chi connectivity index (χ1v) is 10.7. The lowest BCUT2D eigenvalue weighted by molar-refractivity contribution is -0.137. The second-order valence-electron chi connectivity index (χ2n) is 6.95. The van der Waals surface area contributed by atoms with Gasteiger partial charge < -0.3 is 14.4 Å². The Labute approximate surface area is 182 Å². The highest BCUT2D eigenvalue weighted by Gasteiger charge is 2.38. The van der Waals surface area contributed by atoms with Gasteiger partial charge in [-0.15, -0.1) is 0 Å². The van der Waals surface area contributed by atoms with Crippen LogP contribution in [0.4, 0.5) is 4.79 Å². The molecule has 0 aliphatic carbocycles.